The van der Waals surface area contributed by atoms with E-state index in [-0.39, 0.29) is 7.92 Å². The molecule has 2 fully saturated rings. The molecule has 0 bridgehead atoms. The third-order valence-corrected chi connectivity index (χ3v) is 11.9. The van der Waals surface area contributed by atoms with Crippen LogP contribution in [0, 0.1) is 5.92 Å². The molecular formula is C23H39FP2. The van der Waals surface area contributed by atoms with Gasteiger partial charge in [0.05, 0.1) is 0 Å². The van der Waals surface area contributed by atoms with Crippen LogP contribution in [0.5, 0.6) is 0 Å². The Hall–Kier alpha value is 0.270. The number of hydrogen-bond donors (Lipinski definition) is 0. The Morgan fingerprint density at radius 2 is 1.62 bits per heavy atom. The quantitative estimate of drug-likeness (QED) is 0.362. The van der Waals surface area contributed by atoms with Gasteiger partial charge in [-0.2, -0.15) is 0 Å². The summed E-state index contributed by atoms with van der Waals surface area (Å²) in [5.74, 6) is -0.0424. The molecule has 0 radical (unpaired) electrons. The fourth-order valence-electron chi connectivity index (χ4n) is 5.33. The van der Waals surface area contributed by atoms with E-state index >= 15 is 0 Å². The minimum absolute atomic E-state index is 0.0221. The molecule has 0 N–H and O–H groups in total. The molecule has 3 aliphatic rings. The molecule has 3 rings (SSSR count). The lowest BCUT2D eigenvalue weighted by Gasteiger charge is -2.42. The molecule has 3 aliphatic carbocycles. The summed E-state index contributed by atoms with van der Waals surface area (Å²) in [6.07, 6.45) is 23.5. The molecule has 26 heavy (non-hydrogen) atoms. The van der Waals surface area contributed by atoms with E-state index in [0.29, 0.717) is 20.2 Å². The summed E-state index contributed by atoms with van der Waals surface area (Å²) in [4.78, 5) is 0. The molecule has 3 heteroatoms. The summed E-state index contributed by atoms with van der Waals surface area (Å²) in [7, 11) is 0.447. The minimum atomic E-state index is -0.583. The first-order valence-corrected chi connectivity index (χ1v) is 13.9. The first-order valence-electron chi connectivity index (χ1n) is 11.3. The van der Waals surface area contributed by atoms with Crippen LogP contribution in [-0.4, -0.2) is 22.9 Å². The van der Waals surface area contributed by atoms with Crippen LogP contribution in [0.4, 0.5) is 4.39 Å². The molecule has 0 nitrogen and oxygen atoms in total. The molecule has 4 unspecified atom stereocenters. The average Bonchev–Trinajstić information content (AvgIpc) is 3.13. The van der Waals surface area contributed by atoms with E-state index in [1.807, 2.05) is 0 Å². The van der Waals surface area contributed by atoms with E-state index in [0.717, 1.165) is 24.2 Å². The highest BCUT2D eigenvalue weighted by atomic mass is 31.1. The average molecular weight is 397 g/mol. The molecule has 0 aromatic carbocycles. The van der Waals surface area contributed by atoms with Crippen molar-refractivity contribution in [1.29, 1.82) is 0 Å². The number of alkyl halides is 1. The van der Waals surface area contributed by atoms with E-state index in [4.69, 9.17) is 0 Å². The predicted octanol–water partition coefficient (Wildman–Crippen LogP) is 8.37. The van der Waals surface area contributed by atoms with Crippen molar-refractivity contribution in [1.82, 2.24) is 0 Å². The van der Waals surface area contributed by atoms with Crippen LogP contribution < -0.4 is 0 Å². The molecule has 148 valence electrons. The summed E-state index contributed by atoms with van der Waals surface area (Å²) >= 11 is 0. The minimum Gasteiger partial charge on any atom is -0.243 e. The summed E-state index contributed by atoms with van der Waals surface area (Å²) in [6.45, 7) is 4.43. The zero-order valence-electron chi connectivity index (χ0n) is 16.9. The van der Waals surface area contributed by atoms with Gasteiger partial charge >= 0.3 is 0 Å². The standard InChI is InChI=1S/C23H39FP2/c1-3-11-23(24)25-18(2)21-16-10-17-22(21)26(19-12-6-4-7-13-19)20-14-8-5-9-15-20/h10,16-21,23,25H,3-9,11-15H2,1-2H3. The van der Waals surface area contributed by atoms with E-state index in [2.05, 4.69) is 32.1 Å². The van der Waals surface area contributed by atoms with Crippen molar-refractivity contribution in [2.24, 2.45) is 5.92 Å². The Balaban J connectivity index is 1.73. The van der Waals surface area contributed by atoms with Gasteiger partial charge < -0.3 is 0 Å². The van der Waals surface area contributed by atoms with Gasteiger partial charge in [-0.3, -0.25) is 0 Å². The van der Waals surface area contributed by atoms with Gasteiger partial charge in [-0.15, -0.1) is 0 Å². The van der Waals surface area contributed by atoms with Crippen molar-refractivity contribution in [3.63, 3.8) is 0 Å². The monoisotopic (exact) mass is 396 g/mol. The van der Waals surface area contributed by atoms with Gasteiger partial charge in [0.15, 0.2) is 0 Å². The number of halogens is 1. The maximum Gasteiger partial charge on any atom is 0.116 e. The lowest BCUT2D eigenvalue weighted by molar-refractivity contribution is 0.419. The molecule has 4 atom stereocenters. The van der Waals surface area contributed by atoms with Gasteiger partial charge in [0.1, 0.15) is 5.91 Å². The van der Waals surface area contributed by atoms with Crippen molar-refractivity contribution >= 4 is 16.5 Å². The first-order chi connectivity index (χ1) is 12.7. The van der Waals surface area contributed by atoms with E-state index in [1.54, 1.807) is 5.31 Å². The second-order valence-electron chi connectivity index (χ2n) is 8.70. The molecule has 0 aliphatic heterocycles. The van der Waals surface area contributed by atoms with Crippen LogP contribution in [0.3, 0.4) is 0 Å². The molecule has 0 amide bonds. The maximum absolute atomic E-state index is 14.3. The Labute approximate surface area is 164 Å². The lowest BCUT2D eigenvalue weighted by Crippen LogP contribution is -2.24. The van der Waals surface area contributed by atoms with Crippen molar-refractivity contribution in [3.05, 3.63) is 23.5 Å². The normalized spacial score (nSPS) is 28.2. The molecule has 0 aromatic rings. The first kappa shape index (κ1) is 21.0. The number of allylic oxidation sites excluding steroid dienone is 4. The molecule has 0 heterocycles. The predicted molar refractivity (Wildman–Crippen MR) is 119 cm³/mol. The fraction of sp³-hybridized carbons (Fsp3) is 0.826. The van der Waals surface area contributed by atoms with E-state index in [9.17, 15) is 4.39 Å². The molecule has 0 saturated heterocycles. The molecule has 0 spiro atoms. The Morgan fingerprint density at radius 1 is 1.04 bits per heavy atom. The zero-order valence-corrected chi connectivity index (χ0v) is 18.8. The molecule has 2 saturated carbocycles. The second kappa shape index (κ2) is 10.7. The van der Waals surface area contributed by atoms with Gasteiger partial charge in [0, 0.05) is 5.92 Å². The highest BCUT2D eigenvalue weighted by Crippen LogP contribution is 2.65. The number of hydrogen-bond acceptors (Lipinski definition) is 0. The second-order valence-corrected chi connectivity index (χ2v) is 13.4. The van der Waals surface area contributed by atoms with Crippen molar-refractivity contribution in [2.75, 3.05) is 0 Å². The van der Waals surface area contributed by atoms with Crippen LogP contribution in [0.25, 0.3) is 0 Å². The largest absolute Gasteiger partial charge is 0.243 e. The van der Waals surface area contributed by atoms with Crippen LogP contribution in [0.15, 0.2) is 23.5 Å². The van der Waals surface area contributed by atoms with Gasteiger partial charge in [0.2, 0.25) is 0 Å². The summed E-state index contributed by atoms with van der Waals surface area (Å²) < 4.78 is 14.3. The molecule has 0 aromatic heterocycles. The highest BCUT2D eigenvalue weighted by Gasteiger charge is 2.38. The van der Waals surface area contributed by atoms with Gasteiger partial charge in [-0.25, -0.2) is 4.39 Å². The maximum atomic E-state index is 14.3. The van der Waals surface area contributed by atoms with Crippen molar-refractivity contribution < 1.29 is 4.39 Å². The fourth-order valence-corrected chi connectivity index (χ4v) is 11.2. The Kier molecular flexibility index (Phi) is 8.65. The topological polar surface area (TPSA) is 0 Å². The van der Waals surface area contributed by atoms with Crippen molar-refractivity contribution in [2.45, 2.75) is 114 Å². The summed E-state index contributed by atoms with van der Waals surface area (Å²) in [5, 5.41) is 1.77. The lowest BCUT2D eigenvalue weighted by atomic mass is 9.99. The van der Waals surface area contributed by atoms with Crippen LogP contribution in [0.1, 0.15) is 90.9 Å². The van der Waals surface area contributed by atoms with E-state index in [1.165, 1.54) is 64.2 Å². The number of rotatable bonds is 8. The third kappa shape index (κ3) is 5.41. The highest BCUT2D eigenvalue weighted by molar-refractivity contribution is 7.63. The van der Waals surface area contributed by atoms with Crippen LogP contribution in [0.2, 0.25) is 0 Å². The SMILES string of the molecule is CCCC(F)PC(C)C1C=CC=C1P(C1CCCCC1)C1CCCCC1. The van der Waals surface area contributed by atoms with Crippen molar-refractivity contribution in [3.8, 4) is 0 Å². The van der Waals surface area contributed by atoms with Crippen LogP contribution >= 0.6 is 16.5 Å². The van der Waals surface area contributed by atoms with Gasteiger partial charge in [0.25, 0.3) is 0 Å². The zero-order chi connectivity index (χ0) is 18.4. The van der Waals surface area contributed by atoms with Gasteiger partial charge in [-0.05, 0) is 54.4 Å². The van der Waals surface area contributed by atoms with E-state index < -0.39 is 5.91 Å². The summed E-state index contributed by atoms with van der Waals surface area (Å²) in [6, 6.07) is 0. The smallest absolute Gasteiger partial charge is 0.116 e. The third-order valence-electron chi connectivity index (χ3n) is 6.69. The van der Waals surface area contributed by atoms with Crippen LogP contribution in [-0.2, 0) is 0 Å². The summed E-state index contributed by atoms with van der Waals surface area (Å²) in [5.41, 5.74) is 2.41. The molecular weight excluding hydrogens is 357 g/mol. The van der Waals surface area contributed by atoms with Gasteiger partial charge in [-0.1, -0.05) is 93.5 Å². The Morgan fingerprint density at radius 3 is 2.15 bits per heavy atom. The Bertz CT molecular complexity index is 457.